The highest BCUT2D eigenvalue weighted by molar-refractivity contribution is 7.18. The highest BCUT2D eigenvalue weighted by Gasteiger charge is 2.19. The fourth-order valence-corrected chi connectivity index (χ4v) is 3.67. The van der Waals surface area contributed by atoms with Crippen LogP contribution in [0.5, 0.6) is 0 Å². The number of hydrogen-bond acceptors (Lipinski definition) is 5. The Labute approximate surface area is 121 Å². The van der Waals surface area contributed by atoms with Crippen molar-refractivity contribution in [3.63, 3.8) is 0 Å². The summed E-state index contributed by atoms with van der Waals surface area (Å²) in [5, 5.41) is 4.16. The van der Waals surface area contributed by atoms with Gasteiger partial charge in [-0.3, -0.25) is 9.36 Å². The number of thiophene rings is 1. The van der Waals surface area contributed by atoms with Gasteiger partial charge in [0.05, 0.1) is 24.9 Å². The van der Waals surface area contributed by atoms with Gasteiger partial charge in [-0.2, -0.15) is 0 Å². The minimum absolute atomic E-state index is 0.0782. The molecule has 3 heterocycles. The molecule has 20 heavy (non-hydrogen) atoms. The van der Waals surface area contributed by atoms with E-state index in [0.29, 0.717) is 13.2 Å². The molecule has 0 saturated heterocycles. The maximum Gasteiger partial charge on any atom is 0.262 e. The Hall–Kier alpha value is -1.24. The van der Waals surface area contributed by atoms with Crippen molar-refractivity contribution < 1.29 is 4.74 Å². The molecule has 3 rings (SSSR count). The molecule has 1 aliphatic rings. The van der Waals surface area contributed by atoms with Crippen LogP contribution in [0.1, 0.15) is 23.8 Å². The van der Waals surface area contributed by atoms with Crippen LogP contribution >= 0.6 is 11.3 Å². The summed E-state index contributed by atoms with van der Waals surface area (Å²) in [7, 11) is 0. The van der Waals surface area contributed by atoms with Crippen LogP contribution in [-0.2, 0) is 24.2 Å². The molecule has 0 spiro atoms. The van der Waals surface area contributed by atoms with Gasteiger partial charge in [-0.1, -0.05) is 6.92 Å². The van der Waals surface area contributed by atoms with Crippen LogP contribution in [0.3, 0.4) is 0 Å². The molecule has 1 N–H and O–H groups in total. The van der Waals surface area contributed by atoms with E-state index >= 15 is 0 Å². The monoisotopic (exact) mass is 293 g/mol. The zero-order valence-electron chi connectivity index (χ0n) is 11.6. The summed E-state index contributed by atoms with van der Waals surface area (Å²) in [6, 6.07) is 0. The van der Waals surface area contributed by atoms with E-state index in [1.165, 1.54) is 10.4 Å². The number of rotatable bonds is 5. The van der Waals surface area contributed by atoms with Gasteiger partial charge in [0.1, 0.15) is 4.83 Å². The zero-order valence-corrected chi connectivity index (χ0v) is 12.5. The molecule has 0 atom stereocenters. The molecule has 0 fully saturated rings. The number of ether oxygens (including phenoxy) is 1. The molecular formula is C14H19N3O2S. The molecular weight excluding hydrogens is 274 g/mol. The molecule has 2 aromatic rings. The first-order chi connectivity index (χ1) is 9.81. The van der Waals surface area contributed by atoms with Crippen molar-refractivity contribution in [3.05, 3.63) is 27.1 Å². The van der Waals surface area contributed by atoms with E-state index in [4.69, 9.17) is 4.74 Å². The minimum atomic E-state index is 0.0782. The van der Waals surface area contributed by atoms with Crippen molar-refractivity contribution in [2.24, 2.45) is 0 Å². The highest BCUT2D eigenvalue weighted by atomic mass is 32.1. The summed E-state index contributed by atoms with van der Waals surface area (Å²) < 4.78 is 7.13. The maximum absolute atomic E-state index is 12.6. The number of nitrogens with one attached hydrogen (secondary N) is 1. The summed E-state index contributed by atoms with van der Waals surface area (Å²) in [6.07, 6.45) is 3.56. The molecule has 0 amide bonds. The van der Waals surface area contributed by atoms with Gasteiger partial charge in [-0.15, -0.1) is 11.3 Å². The average Bonchev–Trinajstić information content (AvgIpc) is 2.85. The predicted octanol–water partition coefficient (Wildman–Crippen LogP) is 1.53. The van der Waals surface area contributed by atoms with Gasteiger partial charge in [0, 0.05) is 18.0 Å². The molecule has 6 heteroatoms. The van der Waals surface area contributed by atoms with Crippen LogP contribution in [0.2, 0.25) is 0 Å². The Kier molecular flexibility index (Phi) is 4.14. The van der Waals surface area contributed by atoms with E-state index in [-0.39, 0.29) is 5.56 Å². The van der Waals surface area contributed by atoms with Gasteiger partial charge in [-0.25, -0.2) is 4.98 Å². The molecule has 0 unspecified atom stereocenters. The lowest BCUT2D eigenvalue weighted by Crippen LogP contribution is -2.26. The summed E-state index contributed by atoms with van der Waals surface area (Å²) in [5.74, 6) is 0. The van der Waals surface area contributed by atoms with E-state index in [1.807, 2.05) is 0 Å². The Morgan fingerprint density at radius 2 is 2.40 bits per heavy atom. The molecule has 2 aromatic heterocycles. The lowest BCUT2D eigenvalue weighted by molar-refractivity contribution is 0.126. The SMILES string of the molecule is CCCOCCn1cnc2sc3c(c2c1=O)CCNC3. The zero-order chi connectivity index (χ0) is 13.9. The predicted molar refractivity (Wildman–Crippen MR) is 80.4 cm³/mol. The second-order valence-corrected chi connectivity index (χ2v) is 6.05. The molecule has 0 aromatic carbocycles. The van der Waals surface area contributed by atoms with Crippen molar-refractivity contribution >= 4 is 21.6 Å². The number of fused-ring (bicyclic) bond motifs is 3. The molecule has 0 radical (unpaired) electrons. The third-order valence-corrected chi connectivity index (χ3v) is 4.66. The lowest BCUT2D eigenvalue weighted by Gasteiger charge is -2.12. The van der Waals surface area contributed by atoms with Crippen molar-refractivity contribution in [2.45, 2.75) is 32.9 Å². The van der Waals surface area contributed by atoms with Crippen LogP contribution < -0.4 is 10.9 Å². The third-order valence-electron chi connectivity index (χ3n) is 3.52. The summed E-state index contributed by atoms with van der Waals surface area (Å²) >= 11 is 1.64. The van der Waals surface area contributed by atoms with Crippen molar-refractivity contribution in [2.75, 3.05) is 19.8 Å². The second-order valence-electron chi connectivity index (χ2n) is 4.97. The summed E-state index contributed by atoms with van der Waals surface area (Å²) in [6.45, 7) is 5.75. The van der Waals surface area contributed by atoms with Crippen LogP contribution in [0.15, 0.2) is 11.1 Å². The number of nitrogens with zero attached hydrogens (tertiary/aromatic N) is 2. The standard InChI is InChI=1S/C14H19N3O2S/c1-2-6-19-7-5-17-9-16-13-12(14(17)18)10-3-4-15-8-11(10)20-13/h9,15H,2-8H2,1H3. The summed E-state index contributed by atoms with van der Waals surface area (Å²) in [5.41, 5.74) is 1.28. The maximum atomic E-state index is 12.6. The van der Waals surface area contributed by atoms with E-state index in [2.05, 4.69) is 17.2 Å². The molecule has 1 aliphatic heterocycles. The second kappa shape index (κ2) is 6.03. The largest absolute Gasteiger partial charge is 0.380 e. The first-order valence-electron chi connectivity index (χ1n) is 7.09. The third kappa shape index (κ3) is 2.51. The first kappa shape index (κ1) is 13.7. The van der Waals surface area contributed by atoms with Crippen molar-refractivity contribution in [1.82, 2.24) is 14.9 Å². The van der Waals surface area contributed by atoms with E-state index in [9.17, 15) is 4.79 Å². The lowest BCUT2D eigenvalue weighted by atomic mass is 10.1. The summed E-state index contributed by atoms with van der Waals surface area (Å²) in [4.78, 5) is 19.2. The van der Waals surface area contributed by atoms with Gasteiger partial charge < -0.3 is 10.1 Å². The average molecular weight is 293 g/mol. The Morgan fingerprint density at radius 3 is 3.25 bits per heavy atom. The molecule has 0 aliphatic carbocycles. The number of aromatic nitrogens is 2. The Balaban J connectivity index is 1.91. The Morgan fingerprint density at radius 1 is 1.50 bits per heavy atom. The van der Waals surface area contributed by atoms with Crippen molar-refractivity contribution in [1.29, 1.82) is 0 Å². The first-order valence-corrected chi connectivity index (χ1v) is 7.91. The molecule has 5 nitrogen and oxygen atoms in total. The highest BCUT2D eigenvalue weighted by Crippen LogP contribution is 2.29. The van der Waals surface area contributed by atoms with Gasteiger partial charge in [0.15, 0.2) is 0 Å². The smallest absolute Gasteiger partial charge is 0.262 e. The normalized spacial score (nSPS) is 14.7. The van der Waals surface area contributed by atoms with Gasteiger partial charge in [0.25, 0.3) is 5.56 Å². The van der Waals surface area contributed by atoms with Gasteiger partial charge in [-0.05, 0) is 24.9 Å². The van der Waals surface area contributed by atoms with Crippen LogP contribution in [0.25, 0.3) is 10.2 Å². The molecule has 0 bridgehead atoms. The van der Waals surface area contributed by atoms with Crippen LogP contribution in [0.4, 0.5) is 0 Å². The minimum Gasteiger partial charge on any atom is -0.380 e. The van der Waals surface area contributed by atoms with Crippen LogP contribution in [-0.4, -0.2) is 29.3 Å². The van der Waals surface area contributed by atoms with Crippen molar-refractivity contribution in [3.8, 4) is 0 Å². The topological polar surface area (TPSA) is 56.2 Å². The Bertz CT molecular complexity index is 662. The fraction of sp³-hybridized carbons (Fsp3) is 0.571. The van der Waals surface area contributed by atoms with E-state index in [0.717, 1.165) is 42.8 Å². The molecule has 0 saturated carbocycles. The molecule has 108 valence electrons. The quantitative estimate of drug-likeness (QED) is 0.850. The van der Waals surface area contributed by atoms with Gasteiger partial charge >= 0.3 is 0 Å². The fourth-order valence-electron chi connectivity index (χ4n) is 2.52. The van der Waals surface area contributed by atoms with E-state index < -0.39 is 0 Å². The number of hydrogen-bond donors (Lipinski definition) is 1. The van der Waals surface area contributed by atoms with Crippen LogP contribution in [0, 0.1) is 0 Å². The van der Waals surface area contributed by atoms with E-state index in [1.54, 1.807) is 22.2 Å². The van der Waals surface area contributed by atoms with Gasteiger partial charge in [0.2, 0.25) is 0 Å².